The quantitative estimate of drug-likeness (QED) is 0.341. The van der Waals surface area contributed by atoms with Gasteiger partial charge in [-0.25, -0.2) is 9.97 Å². The van der Waals surface area contributed by atoms with E-state index >= 15 is 0 Å². The first-order valence-corrected chi connectivity index (χ1v) is 9.42. The molecule has 162 valence electrons. The van der Waals surface area contributed by atoms with Crippen molar-refractivity contribution in [3.8, 4) is 17.2 Å². The van der Waals surface area contributed by atoms with Crippen LogP contribution in [0.5, 0.6) is 17.2 Å². The first kappa shape index (κ1) is 22.2. The molecule has 1 heterocycles. The van der Waals surface area contributed by atoms with Crippen LogP contribution in [0.25, 0.3) is 0 Å². The zero-order valence-electron chi connectivity index (χ0n) is 16.6. The van der Waals surface area contributed by atoms with Gasteiger partial charge in [0, 0.05) is 11.1 Å². The fourth-order valence-corrected chi connectivity index (χ4v) is 3.14. The van der Waals surface area contributed by atoms with E-state index < -0.39 is 10.6 Å². The highest BCUT2D eigenvalue weighted by Crippen LogP contribution is 2.40. The zero-order chi connectivity index (χ0) is 22.5. The van der Waals surface area contributed by atoms with E-state index in [0.29, 0.717) is 33.6 Å². The molecule has 10 nitrogen and oxygen atoms in total. The first-order valence-electron chi connectivity index (χ1n) is 8.66. The van der Waals surface area contributed by atoms with Gasteiger partial charge < -0.3 is 24.8 Å². The van der Waals surface area contributed by atoms with Gasteiger partial charge in [0.05, 0.1) is 42.7 Å². The van der Waals surface area contributed by atoms with Crippen molar-refractivity contribution in [1.29, 1.82) is 0 Å². The van der Waals surface area contributed by atoms with Gasteiger partial charge in [-0.2, -0.15) is 0 Å². The third-order valence-electron chi connectivity index (χ3n) is 4.15. The summed E-state index contributed by atoms with van der Waals surface area (Å²) in [6, 6.07) is 7.88. The maximum Gasteiger partial charge on any atom is 0.353 e. The lowest BCUT2D eigenvalue weighted by atomic mass is 10.2. The van der Waals surface area contributed by atoms with Gasteiger partial charge in [0.15, 0.2) is 0 Å². The minimum absolute atomic E-state index is 0.0679. The van der Waals surface area contributed by atoms with Crippen molar-refractivity contribution in [3.05, 3.63) is 56.8 Å². The van der Waals surface area contributed by atoms with Gasteiger partial charge >= 0.3 is 5.69 Å². The Bertz CT molecular complexity index is 1130. The fraction of sp³-hybridized carbons (Fsp3) is 0.158. The summed E-state index contributed by atoms with van der Waals surface area (Å²) < 4.78 is 15.8. The van der Waals surface area contributed by atoms with E-state index in [0.717, 1.165) is 0 Å². The Balaban J connectivity index is 2.05. The summed E-state index contributed by atoms with van der Waals surface area (Å²) in [4.78, 5) is 19.3. The molecule has 3 rings (SSSR count). The Morgan fingerprint density at radius 1 is 0.871 bits per heavy atom. The van der Waals surface area contributed by atoms with Crippen LogP contribution >= 0.6 is 23.2 Å². The molecule has 0 saturated heterocycles. The molecule has 0 radical (unpaired) electrons. The van der Waals surface area contributed by atoms with E-state index in [1.165, 1.54) is 33.7 Å². The first-order chi connectivity index (χ1) is 14.9. The van der Waals surface area contributed by atoms with Crippen molar-refractivity contribution in [1.82, 2.24) is 9.97 Å². The number of hydrogen-bond donors (Lipinski definition) is 2. The lowest BCUT2D eigenvalue weighted by Crippen LogP contribution is -2.06. The van der Waals surface area contributed by atoms with Crippen molar-refractivity contribution >= 4 is 51.9 Å². The molecule has 0 unspecified atom stereocenters. The summed E-state index contributed by atoms with van der Waals surface area (Å²) in [5.41, 5.74) is 0.340. The third kappa shape index (κ3) is 4.81. The number of nitro groups is 1. The molecular formula is C19H17Cl2N5O5. The minimum Gasteiger partial charge on any atom is -0.495 e. The Morgan fingerprint density at radius 2 is 1.45 bits per heavy atom. The Morgan fingerprint density at radius 3 is 2.00 bits per heavy atom. The van der Waals surface area contributed by atoms with Gasteiger partial charge in [-0.05, 0) is 24.3 Å². The number of nitrogens with one attached hydrogen (secondary N) is 2. The molecule has 0 amide bonds. The molecule has 0 fully saturated rings. The highest BCUT2D eigenvalue weighted by atomic mass is 35.5. The molecule has 0 bridgehead atoms. The molecule has 2 aromatic carbocycles. The summed E-state index contributed by atoms with van der Waals surface area (Å²) >= 11 is 12.2. The number of aromatic nitrogens is 2. The van der Waals surface area contributed by atoms with E-state index in [1.807, 2.05) is 0 Å². The van der Waals surface area contributed by atoms with Gasteiger partial charge in [0.25, 0.3) is 0 Å². The second kappa shape index (κ2) is 9.54. The van der Waals surface area contributed by atoms with Crippen LogP contribution in [-0.2, 0) is 0 Å². The SMILES string of the molecule is COc1cc(OC)c(Nc2ncnc(Nc3cc(Cl)ccc3OC)c2[N+](=O)[O-])cc1Cl. The van der Waals surface area contributed by atoms with Crippen LogP contribution in [0.4, 0.5) is 28.7 Å². The van der Waals surface area contributed by atoms with E-state index in [-0.39, 0.29) is 16.7 Å². The second-order valence-corrected chi connectivity index (χ2v) is 6.80. The topological polar surface area (TPSA) is 121 Å². The van der Waals surface area contributed by atoms with Crippen LogP contribution in [0.3, 0.4) is 0 Å². The Labute approximate surface area is 187 Å². The number of methoxy groups -OCH3 is 3. The molecular weight excluding hydrogens is 449 g/mol. The molecule has 31 heavy (non-hydrogen) atoms. The highest BCUT2D eigenvalue weighted by Gasteiger charge is 2.25. The highest BCUT2D eigenvalue weighted by molar-refractivity contribution is 6.32. The smallest absolute Gasteiger partial charge is 0.353 e. The molecule has 3 aromatic rings. The average Bonchev–Trinajstić information content (AvgIpc) is 2.74. The predicted octanol–water partition coefficient (Wildman–Crippen LogP) is 5.20. The zero-order valence-corrected chi connectivity index (χ0v) is 18.1. The van der Waals surface area contributed by atoms with Gasteiger partial charge in [-0.3, -0.25) is 10.1 Å². The molecule has 0 saturated carbocycles. The number of hydrogen-bond acceptors (Lipinski definition) is 9. The molecule has 12 heteroatoms. The molecule has 0 atom stereocenters. The number of nitrogens with zero attached hydrogens (tertiary/aromatic N) is 3. The maximum atomic E-state index is 11.9. The van der Waals surface area contributed by atoms with Crippen LogP contribution in [0.15, 0.2) is 36.7 Å². The molecule has 0 spiro atoms. The lowest BCUT2D eigenvalue weighted by Gasteiger charge is -2.15. The Kier molecular flexibility index (Phi) is 6.83. The van der Waals surface area contributed by atoms with Gasteiger partial charge in [0.2, 0.25) is 11.6 Å². The summed E-state index contributed by atoms with van der Waals surface area (Å²) in [5, 5.41) is 18.3. The molecule has 1 aromatic heterocycles. The normalized spacial score (nSPS) is 10.4. The van der Waals surface area contributed by atoms with Crippen LogP contribution in [-0.4, -0.2) is 36.2 Å². The summed E-state index contributed by atoms with van der Waals surface area (Å²) in [7, 11) is 4.38. The standard InChI is InChI=1S/C19H17Cl2N5O5/c1-29-14-5-4-10(20)6-12(14)24-18-17(26(27)28)19(23-9-22-18)25-13-7-11(21)15(30-2)8-16(13)31-3/h4-9H,1-3H3,(H2,22,23,24,25). The number of rotatable bonds is 8. The van der Waals surface area contributed by atoms with Crippen LogP contribution in [0.1, 0.15) is 0 Å². The minimum atomic E-state index is -0.612. The van der Waals surface area contributed by atoms with Crippen molar-refractivity contribution < 1.29 is 19.1 Å². The largest absolute Gasteiger partial charge is 0.495 e. The number of benzene rings is 2. The van der Waals surface area contributed by atoms with Crippen molar-refractivity contribution in [3.63, 3.8) is 0 Å². The number of halogens is 2. The van der Waals surface area contributed by atoms with Crippen molar-refractivity contribution in [2.75, 3.05) is 32.0 Å². The third-order valence-corrected chi connectivity index (χ3v) is 4.68. The summed E-state index contributed by atoms with van der Waals surface area (Å²) in [6.45, 7) is 0. The van der Waals surface area contributed by atoms with Crippen LogP contribution in [0, 0.1) is 10.1 Å². The molecule has 0 aliphatic rings. The number of ether oxygens (including phenoxy) is 3. The lowest BCUT2D eigenvalue weighted by molar-refractivity contribution is -0.383. The summed E-state index contributed by atoms with van der Waals surface area (Å²) in [6.07, 6.45) is 1.17. The van der Waals surface area contributed by atoms with E-state index in [4.69, 9.17) is 37.4 Å². The maximum absolute atomic E-state index is 11.9. The average molecular weight is 466 g/mol. The second-order valence-electron chi connectivity index (χ2n) is 5.96. The Hall–Kier alpha value is -3.50. The van der Waals surface area contributed by atoms with Crippen LogP contribution in [0.2, 0.25) is 10.0 Å². The van der Waals surface area contributed by atoms with Crippen LogP contribution < -0.4 is 24.8 Å². The summed E-state index contributed by atoms with van der Waals surface area (Å²) in [5.74, 6) is 1.01. The molecule has 0 aliphatic carbocycles. The monoisotopic (exact) mass is 465 g/mol. The molecule has 0 aliphatic heterocycles. The van der Waals surface area contributed by atoms with Crippen molar-refractivity contribution in [2.45, 2.75) is 0 Å². The fourth-order valence-electron chi connectivity index (χ4n) is 2.73. The predicted molar refractivity (Wildman–Crippen MR) is 118 cm³/mol. The van der Waals surface area contributed by atoms with Gasteiger partial charge in [-0.1, -0.05) is 23.2 Å². The molecule has 2 N–H and O–H groups in total. The van der Waals surface area contributed by atoms with E-state index in [2.05, 4.69) is 20.6 Å². The van der Waals surface area contributed by atoms with E-state index in [9.17, 15) is 10.1 Å². The van der Waals surface area contributed by atoms with Gasteiger partial charge in [-0.15, -0.1) is 0 Å². The van der Waals surface area contributed by atoms with Crippen molar-refractivity contribution in [2.24, 2.45) is 0 Å². The number of anilines is 4. The van der Waals surface area contributed by atoms with E-state index in [1.54, 1.807) is 24.3 Å². The van der Waals surface area contributed by atoms with Gasteiger partial charge in [0.1, 0.15) is 23.6 Å².